The lowest BCUT2D eigenvalue weighted by Gasteiger charge is -2.39. The predicted molar refractivity (Wildman–Crippen MR) is 140 cm³/mol. The molecule has 0 bridgehead atoms. The number of ether oxygens (including phenoxy) is 1. The highest BCUT2D eigenvalue weighted by Gasteiger charge is 2.33. The fraction of sp³-hybridized carbons (Fsp3) is 0.808. The Morgan fingerprint density at radius 3 is 2.50 bits per heavy atom. The van der Waals surface area contributed by atoms with E-state index in [9.17, 15) is 9.59 Å². The van der Waals surface area contributed by atoms with E-state index in [4.69, 9.17) is 9.84 Å². The third-order valence-electron chi connectivity index (χ3n) is 7.24. The minimum absolute atomic E-state index is 0.0474. The first-order chi connectivity index (χ1) is 16.4. The lowest BCUT2D eigenvalue weighted by molar-refractivity contribution is -0.136. The zero-order valence-corrected chi connectivity index (χ0v) is 22.4. The number of thiazole rings is 1. The first-order valence-corrected chi connectivity index (χ1v) is 14.9. The standard InChI is InChI=1S/C26H42N2O4S2/c1-18(2)17-32-21-10-8-20(9-11-21)22(19-6-4-3-5-7-19)12-13-23(29)28-26-27-16-25(34-26)33-15-14-24(30)31/h16,18-22H,3-15,17H2,1-2H3,(H,30,31)(H,27,28,29). The average Bonchev–Trinajstić information content (AvgIpc) is 3.26. The molecule has 3 rings (SSSR count). The molecule has 2 aliphatic carbocycles. The summed E-state index contributed by atoms with van der Waals surface area (Å²) in [6.45, 7) is 5.28. The van der Waals surface area contributed by atoms with E-state index in [2.05, 4.69) is 24.1 Å². The second-order valence-electron chi connectivity index (χ2n) is 10.4. The molecule has 0 aromatic carbocycles. The van der Waals surface area contributed by atoms with Crippen LogP contribution >= 0.6 is 23.1 Å². The van der Waals surface area contributed by atoms with Gasteiger partial charge in [-0.1, -0.05) is 57.3 Å². The Labute approximate surface area is 213 Å². The van der Waals surface area contributed by atoms with Gasteiger partial charge in [0.15, 0.2) is 5.13 Å². The summed E-state index contributed by atoms with van der Waals surface area (Å²) < 4.78 is 7.06. The number of carbonyl (C=O) groups excluding carboxylic acids is 1. The largest absolute Gasteiger partial charge is 0.481 e. The molecule has 6 nitrogen and oxygen atoms in total. The van der Waals surface area contributed by atoms with E-state index in [0.29, 0.717) is 41.2 Å². The van der Waals surface area contributed by atoms with Gasteiger partial charge in [0, 0.05) is 18.8 Å². The smallest absolute Gasteiger partial charge is 0.304 e. The topological polar surface area (TPSA) is 88.5 Å². The van der Waals surface area contributed by atoms with Crippen molar-refractivity contribution >= 4 is 40.1 Å². The van der Waals surface area contributed by atoms with Gasteiger partial charge in [-0.2, -0.15) is 0 Å². The van der Waals surface area contributed by atoms with Crippen molar-refractivity contribution in [2.45, 2.75) is 101 Å². The second kappa shape index (κ2) is 14.4. The van der Waals surface area contributed by atoms with E-state index in [1.807, 2.05) is 0 Å². The summed E-state index contributed by atoms with van der Waals surface area (Å²) >= 11 is 2.89. The van der Waals surface area contributed by atoms with E-state index in [1.165, 1.54) is 68.0 Å². The van der Waals surface area contributed by atoms with Crippen molar-refractivity contribution in [2.75, 3.05) is 17.7 Å². The van der Waals surface area contributed by atoms with E-state index in [-0.39, 0.29) is 12.3 Å². The Morgan fingerprint density at radius 1 is 1.12 bits per heavy atom. The fourth-order valence-electron chi connectivity index (χ4n) is 5.53. The summed E-state index contributed by atoms with van der Waals surface area (Å²) in [5, 5.41) is 12.4. The number of carboxylic acid groups (broad SMARTS) is 1. The van der Waals surface area contributed by atoms with Gasteiger partial charge < -0.3 is 15.2 Å². The molecule has 1 amide bonds. The first kappa shape index (κ1) is 27.5. The molecule has 1 atom stereocenters. The molecule has 1 heterocycles. The summed E-state index contributed by atoms with van der Waals surface area (Å²) in [6, 6.07) is 0. The number of nitrogens with one attached hydrogen (secondary N) is 1. The average molecular weight is 511 g/mol. The normalized spacial score (nSPS) is 22.6. The first-order valence-electron chi connectivity index (χ1n) is 13.1. The van der Waals surface area contributed by atoms with Crippen LogP contribution in [0.25, 0.3) is 0 Å². The third kappa shape index (κ3) is 9.50. The maximum atomic E-state index is 12.7. The van der Waals surface area contributed by atoms with Crippen molar-refractivity contribution < 1.29 is 19.4 Å². The molecule has 1 aromatic rings. The summed E-state index contributed by atoms with van der Waals surface area (Å²) in [4.78, 5) is 27.7. The number of aliphatic carboxylic acids is 1. The van der Waals surface area contributed by atoms with Crippen LogP contribution in [0.5, 0.6) is 0 Å². The summed E-state index contributed by atoms with van der Waals surface area (Å²) in [5.74, 6) is 2.46. The van der Waals surface area contributed by atoms with Gasteiger partial charge in [-0.15, -0.1) is 11.8 Å². The molecular formula is C26H42N2O4S2. The number of thioether (sulfide) groups is 1. The molecule has 0 aliphatic heterocycles. The van der Waals surface area contributed by atoms with Gasteiger partial charge in [-0.05, 0) is 55.8 Å². The van der Waals surface area contributed by atoms with E-state index in [1.54, 1.807) is 6.20 Å². The number of hydrogen-bond donors (Lipinski definition) is 2. The summed E-state index contributed by atoms with van der Waals surface area (Å²) in [6.07, 6.45) is 15.2. The zero-order valence-electron chi connectivity index (χ0n) is 20.8. The van der Waals surface area contributed by atoms with Crippen LogP contribution in [0.4, 0.5) is 5.13 Å². The van der Waals surface area contributed by atoms with Crippen molar-refractivity contribution in [1.82, 2.24) is 4.98 Å². The van der Waals surface area contributed by atoms with Crippen LogP contribution in [-0.4, -0.2) is 40.4 Å². The van der Waals surface area contributed by atoms with Crippen LogP contribution in [0.1, 0.15) is 90.9 Å². The second-order valence-corrected chi connectivity index (χ2v) is 12.8. The van der Waals surface area contributed by atoms with Gasteiger partial charge in [0.05, 0.1) is 22.9 Å². The van der Waals surface area contributed by atoms with Gasteiger partial charge >= 0.3 is 5.97 Å². The minimum Gasteiger partial charge on any atom is -0.481 e. The molecule has 2 saturated carbocycles. The van der Waals surface area contributed by atoms with Crippen LogP contribution in [-0.2, 0) is 14.3 Å². The molecule has 2 N–H and O–H groups in total. The Kier molecular flexibility index (Phi) is 11.7. The SMILES string of the molecule is CC(C)COC1CCC(C(CCC(=O)Nc2ncc(SCCC(=O)O)s2)C2CCCCC2)CC1. The molecule has 192 valence electrons. The summed E-state index contributed by atoms with van der Waals surface area (Å²) in [5.41, 5.74) is 0. The van der Waals surface area contributed by atoms with Gasteiger partial charge in [-0.25, -0.2) is 4.98 Å². The van der Waals surface area contributed by atoms with Crippen molar-refractivity contribution in [3.8, 4) is 0 Å². The molecule has 1 aromatic heterocycles. The van der Waals surface area contributed by atoms with E-state index in [0.717, 1.165) is 36.0 Å². The molecule has 0 radical (unpaired) electrons. The number of aromatic nitrogens is 1. The number of anilines is 1. The van der Waals surface area contributed by atoms with Crippen LogP contribution in [0.3, 0.4) is 0 Å². The fourth-order valence-corrected chi connectivity index (χ4v) is 7.43. The predicted octanol–water partition coefficient (Wildman–Crippen LogP) is 6.86. The molecule has 0 spiro atoms. The van der Waals surface area contributed by atoms with Crippen LogP contribution in [0.2, 0.25) is 0 Å². The van der Waals surface area contributed by atoms with Crippen molar-refractivity contribution in [3.63, 3.8) is 0 Å². The molecule has 34 heavy (non-hydrogen) atoms. The number of carboxylic acids is 1. The molecular weight excluding hydrogens is 468 g/mol. The number of rotatable bonds is 13. The summed E-state index contributed by atoms with van der Waals surface area (Å²) in [7, 11) is 0. The van der Waals surface area contributed by atoms with Crippen LogP contribution < -0.4 is 5.32 Å². The highest BCUT2D eigenvalue weighted by molar-refractivity contribution is 8.01. The third-order valence-corrected chi connectivity index (χ3v) is 9.35. The highest BCUT2D eigenvalue weighted by Crippen LogP contribution is 2.42. The number of nitrogens with zero attached hydrogens (tertiary/aromatic N) is 1. The quantitative estimate of drug-likeness (QED) is 0.282. The Bertz CT molecular complexity index is 756. The highest BCUT2D eigenvalue weighted by atomic mass is 32.2. The maximum absolute atomic E-state index is 12.7. The Balaban J connectivity index is 1.48. The van der Waals surface area contributed by atoms with Gasteiger partial charge in [-0.3, -0.25) is 9.59 Å². The molecule has 1 unspecified atom stereocenters. The van der Waals surface area contributed by atoms with Crippen molar-refractivity contribution in [1.29, 1.82) is 0 Å². The zero-order chi connectivity index (χ0) is 24.3. The number of carbonyl (C=O) groups is 2. The molecule has 8 heteroatoms. The van der Waals surface area contributed by atoms with Crippen LogP contribution in [0, 0.1) is 23.7 Å². The number of amides is 1. The maximum Gasteiger partial charge on any atom is 0.304 e. The van der Waals surface area contributed by atoms with Crippen molar-refractivity contribution in [2.24, 2.45) is 23.7 Å². The number of hydrogen-bond acceptors (Lipinski definition) is 6. The lowest BCUT2D eigenvalue weighted by atomic mass is 9.67. The van der Waals surface area contributed by atoms with Gasteiger partial charge in [0.25, 0.3) is 0 Å². The monoisotopic (exact) mass is 510 g/mol. The Morgan fingerprint density at radius 2 is 1.82 bits per heavy atom. The van der Waals surface area contributed by atoms with Gasteiger partial charge in [0.2, 0.25) is 5.91 Å². The molecule has 0 saturated heterocycles. The Hall–Kier alpha value is -1.12. The lowest BCUT2D eigenvalue weighted by Crippen LogP contribution is -2.32. The van der Waals surface area contributed by atoms with E-state index < -0.39 is 5.97 Å². The van der Waals surface area contributed by atoms with Gasteiger partial charge in [0.1, 0.15) is 0 Å². The van der Waals surface area contributed by atoms with E-state index >= 15 is 0 Å². The minimum atomic E-state index is -0.797. The van der Waals surface area contributed by atoms with Crippen molar-refractivity contribution in [3.05, 3.63) is 6.20 Å². The molecule has 2 fully saturated rings. The molecule has 2 aliphatic rings. The van der Waals surface area contributed by atoms with Crippen LogP contribution in [0.15, 0.2) is 10.4 Å².